The zero-order chi connectivity index (χ0) is 15.0. The lowest BCUT2D eigenvalue weighted by Gasteiger charge is -2.06. The molecular weight excluding hydrogens is 310 g/mol. The Balaban J connectivity index is 1.86. The maximum atomic E-state index is 12.1. The second-order valence-corrected chi connectivity index (χ2v) is 6.28. The second kappa shape index (κ2) is 5.19. The molecule has 1 aromatic carbocycles. The summed E-state index contributed by atoms with van der Waals surface area (Å²) < 4.78 is 2.09. The van der Waals surface area contributed by atoms with Crippen LogP contribution >= 0.6 is 22.7 Å². The Morgan fingerprint density at radius 2 is 1.90 bits per heavy atom. The number of carboxylic acids is 1. The topological polar surface area (TPSA) is 86.6 Å². The van der Waals surface area contributed by atoms with Crippen LogP contribution in [0, 0.1) is 0 Å². The number of phenols is 1. The number of carbonyl (C=O) groups excluding carboxylic acids is 1. The Bertz CT molecular complexity index is 821. The number of carboxylic acid groups (broad SMARTS) is 1. The van der Waals surface area contributed by atoms with Crippen LogP contribution in [-0.4, -0.2) is 22.1 Å². The van der Waals surface area contributed by atoms with E-state index < -0.39 is 5.97 Å². The maximum Gasteiger partial charge on any atom is 0.339 e. The molecule has 0 fully saturated rings. The van der Waals surface area contributed by atoms with E-state index in [4.69, 9.17) is 5.11 Å². The molecule has 0 spiro atoms. The summed E-state index contributed by atoms with van der Waals surface area (Å²) in [5, 5.41) is 23.0. The summed E-state index contributed by atoms with van der Waals surface area (Å²) in [7, 11) is 0. The lowest BCUT2D eigenvalue weighted by Crippen LogP contribution is -2.10. The highest BCUT2D eigenvalue weighted by atomic mass is 32.1. The number of aromatic carboxylic acids is 1. The predicted octanol–water partition coefficient (Wildman–Crippen LogP) is 3.62. The molecule has 0 unspecified atom stereocenters. The van der Waals surface area contributed by atoms with Gasteiger partial charge in [0.15, 0.2) is 0 Å². The summed E-state index contributed by atoms with van der Waals surface area (Å²) in [6, 6.07) is 7.68. The monoisotopic (exact) mass is 319 g/mol. The third-order valence-corrected chi connectivity index (χ3v) is 4.94. The van der Waals surface area contributed by atoms with Crippen LogP contribution in [0.4, 0.5) is 5.69 Å². The van der Waals surface area contributed by atoms with Gasteiger partial charge in [0.1, 0.15) is 11.3 Å². The standard InChI is InChI=1S/C14H9NO4S2/c16-9-2-1-7(5-8(9)14(18)19)15-13(17)12-6-11-10(21-12)3-4-20-11/h1-6,16H,(H,15,17)(H,18,19). The van der Waals surface area contributed by atoms with Crippen LogP contribution in [0.5, 0.6) is 5.75 Å². The average Bonchev–Trinajstić information content (AvgIpc) is 3.01. The van der Waals surface area contributed by atoms with Crippen molar-refractivity contribution in [2.24, 2.45) is 0 Å². The first-order chi connectivity index (χ1) is 10.0. The van der Waals surface area contributed by atoms with E-state index in [1.54, 1.807) is 17.4 Å². The molecule has 3 aromatic rings. The van der Waals surface area contributed by atoms with Gasteiger partial charge in [-0.3, -0.25) is 4.79 Å². The van der Waals surface area contributed by atoms with Crippen LogP contribution in [0.3, 0.4) is 0 Å². The molecule has 2 aromatic heterocycles. The van der Waals surface area contributed by atoms with Gasteiger partial charge in [0.2, 0.25) is 0 Å². The quantitative estimate of drug-likeness (QED) is 0.644. The minimum absolute atomic E-state index is 0.250. The van der Waals surface area contributed by atoms with Crippen molar-refractivity contribution in [1.82, 2.24) is 0 Å². The lowest BCUT2D eigenvalue weighted by atomic mass is 10.2. The van der Waals surface area contributed by atoms with Gasteiger partial charge in [-0.1, -0.05) is 0 Å². The third-order valence-electron chi connectivity index (χ3n) is 2.85. The van der Waals surface area contributed by atoms with Crippen LogP contribution in [0.25, 0.3) is 9.40 Å². The first-order valence-corrected chi connectivity index (χ1v) is 7.59. The van der Waals surface area contributed by atoms with Gasteiger partial charge in [0.25, 0.3) is 5.91 Å². The van der Waals surface area contributed by atoms with Crippen molar-refractivity contribution >= 4 is 49.6 Å². The number of aromatic hydroxyl groups is 1. The number of thiophene rings is 2. The minimum Gasteiger partial charge on any atom is -0.507 e. The number of hydrogen-bond acceptors (Lipinski definition) is 5. The molecule has 0 saturated carbocycles. The van der Waals surface area contributed by atoms with E-state index in [9.17, 15) is 14.7 Å². The van der Waals surface area contributed by atoms with E-state index in [1.165, 1.54) is 29.5 Å². The van der Waals surface area contributed by atoms with Gasteiger partial charge < -0.3 is 15.5 Å². The van der Waals surface area contributed by atoms with Crippen molar-refractivity contribution in [3.8, 4) is 5.75 Å². The molecule has 21 heavy (non-hydrogen) atoms. The zero-order valence-electron chi connectivity index (χ0n) is 10.5. The number of anilines is 1. The van der Waals surface area contributed by atoms with Gasteiger partial charge in [-0.05, 0) is 35.7 Å². The largest absolute Gasteiger partial charge is 0.507 e. The number of fused-ring (bicyclic) bond motifs is 1. The van der Waals surface area contributed by atoms with Gasteiger partial charge in [-0.15, -0.1) is 22.7 Å². The van der Waals surface area contributed by atoms with Gasteiger partial charge in [-0.25, -0.2) is 4.79 Å². The number of hydrogen-bond donors (Lipinski definition) is 3. The number of amides is 1. The highest BCUT2D eigenvalue weighted by Gasteiger charge is 2.14. The summed E-state index contributed by atoms with van der Waals surface area (Å²) in [4.78, 5) is 23.6. The Labute approximate surface area is 127 Å². The molecular formula is C14H9NO4S2. The number of rotatable bonds is 3. The van der Waals surface area contributed by atoms with E-state index in [-0.39, 0.29) is 17.2 Å². The zero-order valence-corrected chi connectivity index (χ0v) is 12.1. The smallest absolute Gasteiger partial charge is 0.339 e. The van der Waals surface area contributed by atoms with E-state index >= 15 is 0 Å². The van der Waals surface area contributed by atoms with Crippen molar-refractivity contribution in [1.29, 1.82) is 0 Å². The Hall–Kier alpha value is -2.38. The lowest BCUT2D eigenvalue weighted by molar-refractivity contribution is 0.0693. The molecule has 0 aliphatic rings. The molecule has 3 N–H and O–H groups in total. The van der Waals surface area contributed by atoms with Crippen molar-refractivity contribution in [2.45, 2.75) is 0 Å². The van der Waals surface area contributed by atoms with E-state index in [0.717, 1.165) is 9.40 Å². The highest BCUT2D eigenvalue weighted by molar-refractivity contribution is 7.27. The number of nitrogens with one attached hydrogen (secondary N) is 1. The molecule has 0 atom stereocenters. The van der Waals surface area contributed by atoms with Crippen molar-refractivity contribution < 1.29 is 19.8 Å². The first-order valence-electron chi connectivity index (χ1n) is 5.89. The van der Waals surface area contributed by atoms with Crippen LogP contribution < -0.4 is 5.32 Å². The average molecular weight is 319 g/mol. The highest BCUT2D eigenvalue weighted by Crippen LogP contribution is 2.30. The van der Waals surface area contributed by atoms with Crippen LogP contribution in [0.2, 0.25) is 0 Å². The fourth-order valence-corrected chi connectivity index (χ4v) is 3.86. The van der Waals surface area contributed by atoms with Crippen molar-refractivity contribution in [3.05, 3.63) is 46.2 Å². The molecule has 1 amide bonds. The van der Waals surface area contributed by atoms with E-state index in [1.807, 2.05) is 11.4 Å². The summed E-state index contributed by atoms with van der Waals surface area (Å²) in [6.07, 6.45) is 0. The summed E-state index contributed by atoms with van der Waals surface area (Å²) >= 11 is 2.94. The normalized spacial score (nSPS) is 10.7. The van der Waals surface area contributed by atoms with Crippen molar-refractivity contribution in [3.63, 3.8) is 0 Å². The molecule has 7 heteroatoms. The SMILES string of the molecule is O=C(Nc1ccc(O)c(C(=O)O)c1)c1cc2sccc2s1. The predicted molar refractivity (Wildman–Crippen MR) is 82.7 cm³/mol. The second-order valence-electron chi connectivity index (χ2n) is 4.25. The Morgan fingerprint density at radius 3 is 2.62 bits per heavy atom. The van der Waals surface area contributed by atoms with Crippen LogP contribution in [0.1, 0.15) is 20.0 Å². The summed E-state index contributed by atoms with van der Waals surface area (Å²) in [5.74, 6) is -1.89. The molecule has 0 aliphatic carbocycles. The molecule has 106 valence electrons. The fraction of sp³-hybridized carbons (Fsp3) is 0. The summed E-state index contributed by atoms with van der Waals surface area (Å²) in [6.45, 7) is 0. The Kier molecular flexibility index (Phi) is 3.36. The van der Waals surface area contributed by atoms with Gasteiger partial charge in [0.05, 0.1) is 4.88 Å². The molecule has 0 aliphatic heterocycles. The molecule has 0 radical (unpaired) electrons. The molecule has 0 bridgehead atoms. The maximum absolute atomic E-state index is 12.1. The molecule has 2 heterocycles. The first kappa shape index (κ1) is 13.6. The molecule has 3 rings (SSSR count). The van der Waals surface area contributed by atoms with Crippen molar-refractivity contribution in [2.75, 3.05) is 5.32 Å². The summed E-state index contributed by atoms with van der Waals surface area (Å²) in [5.41, 5.74) is 0.0758. The van der Waals surface area contributed by atoms with Gasteiger partial charge >= 0.3 is 5.97 Å². The molecule has 5 nitrogen and oxygen atoms in total. The fourth-order valence-electron chi connectivity index (χ4n) is 1.86. The molecule has 0 saturated heterocycles. The minimum atomic E-state index is -1.25. The Morgan fingerprint density at radius 1 is 1.10 bits per heavy atom. The van der Waals surface area contributed by atoms with E-state index in [2.05, 4.69) is 5.32 Å². The number of carbonyl (C=O) groups is 2. The van der Waals surface area contributed by atoms with E-state index in [0.29, 0.717) is 10.6 Å². The van der Waals surface area contributed by atoms with Crippen LogP contribution in [0.15, 0.2) is 35.7 Å². The van der Waals surface area contributed by atoms with Gasteiger partial charge in [0, 0.05) is 15.1 Å². The van der Waals surface area contributed by atoms with Gasteiger partial charge in [-0.2, -0.15) is 0 Å². The third kappa shape index (κ3) is 2.61. The number of benzene rings is 1. The van der Waals surface area contributed by atoms with Crippen LogP contribution in [-0.2, 0) is 0 Å².